The van der Waals surface area contributed by atoms with Gasteiger partial charge >= 0.3 is 5.97 Å². The first-order valence-electron chi connectivity index (χ1n) is 8.91. The highest BCUT2D eigenvalue weighted by Crippen LogP contribution is 2.38. The van der Waals surface area contributed by atoms with Gasteiger partial charge in [-0.15, -0.1) is 0 Å². The lowest BCUT2D eigenvalue weighted by Gasteiger charge is -2.15. The predicted molar refractivity (Wildman–Crippen MR) is 104 cm³/mol. The number of amides is 1. The number of hydrogen-bond acceptors (Lipinski definition) is 3. The van der Waals surface area contributed by atoms with Crippen LogP contribution < -0.4 is 5.32 Å². The minimum absolute atomic E-state index is 0.0442. The number of fused-ring (bicyclic) bond motifs is 3. The quantitative estimate of drug-likeness (QED) is 0.562. The second kappa shape index (κ2) is 7.12. The van der Waals surface area contributed by atoms with Crippen LogP contribution in [0.2, 0.25) is 0 Å². The Bertz CT molecular complexity index is 1090. The van der Waals surface area contributed by atoms with Crippen molar-refractivity contribution in [3.05, 3.63) is 95.1 Å². The van der Waals surface area contributed by atoms with Crippen LogP contribution in [-0.4, -0.2) is 29.3 Å². The Labute approximate surface area is 161 Å². The van der Waals surface area contributed by atoms with Gasteiger partial charge in [0.05, 0.1) is 5.92 Å². The van der Waals surface area contributed by atoms with E-state index in [9.17, 15) is 19.5 Å². The molecule has 0 aliphatic heterocycles. The maximum Gasteiger partial charge on any atom is 0.312 e. The molecular formula is C23H17NO4. The van der Waals surface area contributed by atoms with Gasteiger partial charge in [0.15, 0.2) is 5.78 Å². The van der Waals surface area contributed by atoms with Crippen molar-refractivity contribution >= 4 is 17.7 Å². The molecule has 0 heterocycles. The molecule has 5 heteroatoms. The van der Waals surface area contributed by atoms with Crippen molar-refractivity contribution in [2.24, 2.45) is 0 Å². The number of nitrogens with one attached hydrogen (secondary N) is 1. The number of carboxylic acid groups (broad SMARTS) is 1. The molecule has 3 aromatic carbocycles. The second-order valence-corrected chi connectivity index (χ2v) is 6.61. The summed E-state index contributed by atoms with van der Waals surface area (Å²) in [5, 5.41) is 12.3. The molecule has 0 saturated heterocycles. The first-order valence-corrected chi connectivity index (χ1v) is 8.91. The molecule has 1 atom stereocenters. The topological polar surface area (TPSA) is 83.5 Å². The molecule has 3 aromatic rings. The molecule has 0 spiro atoms. The number of carboxylic acids is 1. The van der Waals surface area contributed by atoms with E-state index in [-0.39, 0.29) is 12.3 Å². The minimum Gasteiger partial charge on any atom is -0.481 e. The molecule has 138 valence electrons. The van der Waals surface area contributed by atoms with E-state index in [1.807, 2.05) is 18.2 Å². The van der Waals surface area contributed by atoms with Crippen molar-refractivity contribution in [3.63, 3.8) is 0 Å². The monoisotopic (exact) mass is 371 g/mol. The van der Waals surface area contributed by atoms with E-state index >= 15 is 0 Å². The summed E-state index contributed by atoms with van der Waals surface area (Å²) in [6.45, 7) is -0.0442. The summed E-state index contributed by atoms with van der Waals surface area (Å²) in [7, 11) is 0. The van der Waals surface area contributed by atoms with E-state index < -0.39 is 17.8 Å². The summed E-state index contributed by atoms with van der Waals surface area (Å²) in [4.78, 5) is 37.1. The SMILES string of the molecule is O=C(NCC(C(=O)O)c1ccccc1)c1cccc2c1-c1ccccc1C2=O. The van der Waals surface area contributed by atoms with Gasteiger partial charge in [0, 0.05) is 28.8 Å². The molecule has 28 heavy (non-hydrogen) atoms. The van der Waals surface area contributed by atoms with Crippen molar-refractivity contribution in [2.75, 3.05) is 6.54 Å². The molecule has 5 nitrogen and oxygen atoms in total. The van der Waals surface area contributed by atoms with Gasteiger partial charge in [-0.05, 0) is 17.2 Å². The Morgan fingerprint density at radius 3 is 2.18 bits per heavy atom. The van der Waals surface area contributed by atoms with E-state index in [1.165, 1.54) is 0 Å². The van der Waals surface area contributed by atoms with Gasteiger partial charge in [-0.1, -0.05) is 66.7 Å². The fourth-order valence-electron chi connectivity index (χ4n) is 3.59. The molecule has 4 rings (SSSR count). The number of carbonyl (C=O) groups is 3. The standard InChI is InChI=1S/C23H17NO4/c25-21-16-10-5-4-9-15(16)20-17(21)11-6-12-18(20)22(26)24-13-19(23(27)28)14-7-2-1-3-8-14/h1-12,19H,13H2,(H,24,26)(H,27,28). The molecular weight excluding hydrogens is 354 g/mol. The summed E-state index contributed by atoms with van der Waals surface area (Å²) in [6, 6.07) is 21.0. The molecule has 1 aliphatic rings. The Morgan fingerprint density at radius 2 is 1.46 bits per heavy atom. The Hall–Kier alpha value is -3.73. The second-order valence-electron chi connectivity index (χ2n) is 6.61. The highest BCUT2D eigenvalue weighted by molar-refractivity contribution is 6.24. The lowest BCUT2D eigenvalue weighted by Crippen LogP contribution is -2.32. The smallest absolute Gasteiger partial charge is 0.312 e. The summed E-state index contributed by atoms with van der Waals surface area (Å²) >= 11 is 0. The summed E-state index contributed by atoms with van der Waals surface area (Å²) in [6.07, 6.45) is 0. The van der Waals surface area contributed by atoms with Gasteiger partial charge in [0.25, 0.3) is 5.91 Å². The Morgan fingerprint density at radius 1 is 0.821 bits per heavy atom. The molecule has 0 radical (unpaired) electrons. The molecule has 1 aliphatic carbocycles. The van der Waals surface area contributed by atoms with Gasteiger partial charge in [-0.3, -0.25) is 14.4 Å². The number of aliphatic carboxylic acids is 1. The van der Waals surface area contributed by atoms with Crippen LogP contribution in [0.1, 0.15) is 37.8 Å². The van der Waals surface area contributed by atoms with Crippen LogP contribution >= 0.6 is 0 Å². The number of rotatable bonds is 5. The minimum atomic E-state index is -1.01. The third-order valence-electron chi connectivity index (χ3n) is 4.96. The summed E-state index contributed by atoms with van der Waals surface area (Å²) < 4.78 is 0. The normalized spacial score (nSPS) is 12.8. The van der Waals surface area contributed by atoms with Crippen molar-refractivity contribution in [1.82, 2.24) is 5.32 Å². The molecule has 1 unspecified atom stereocenters. The first kappa shape index (κ1) is 17.7. The first-order chi connectivity index (χ1) is 13.6. The van der Waals surface area contributed by atoms with Crippen molar-refractivity contribution < 1.29 is 19.5 Å². The van der Waals surface area contributed by atoms with Gasteiger partial charge in [-0.2, -0.15) is 0 Å². The van der Waals surface area contributed by atoms with Crippen LogP contribution in [0, 0.1) is 0 Å². The van der Waals surface area contributed by atoms with Crippen LogP contribution in [-0.2, 0) is 4.79 Å². The highest BCUT2D eigenvalue weighted by atomic mass is 16.4. The van der Waals surface area contributed by atoms with Gasteiger partial charge < -0.3 is 10.4 Å². The van der Waals surface area contributed by atoms with E-state index in [1.54, 1.807) is 54.6 Å². The fraction of sp³-hybridized carbons (Fsp3) is 0.0870. The maximum absolute atomic E-state index is 12.9. The maximum atomic E-state index is 12.9. The Balaban J connectivity index is 1.63. The van der Waals surface area contributed by atoms with Gasteiger partial charge in [-0.25, -0.2) is 0 Å². The van der Waals surface area contributed by atoms with Gasteiger partial charge in [0.2, 0.25) is 0 Å². The van der Waals surface area contributed by atoms with Gasteiger partial charge in [0.1, 0.15) is 0 Å². The average Bonchev–Trinajstić information content (AvgIpc) is 3.01. The highest BCUT2D eigenvalue weighted by Gasteiger charge is 2.30. The zero-order valence-corrected chi connectivity index (χ0v) is 14.9. The third-order valence-corrected chi connectivity index (χ3v) is 4.96. The van der Waals surface area contributed by atoms with Crippen molar-refractivity contribution in [1.29, 1.82) is 0 Å². The molecule has 0 aromatic heterocycles. The van der Waals surface area contributed by atoms with Crippen LogP contribution in [0.15, 0.2) is 72.8 Å². The third kappa shape index (κ3) is 2.97. The molecule has 0 fully saturated rings. The van der Waals surface area contributed by atoms with E-state index in [0.717, 1.165) is 5.56 Å². The van der Waals surface area contributed by atoms with Crippen LogP contribution in [0.5, 0.6) is 0 Å². The van der Waals surface area contributed by atoms with E-state index in [2.05, 4.69) is 5.32 Å². The largest absolute Gasteiger partial charge is 0.481 e. The van der Waals surface area contributed by atoms with Crippen molar-refractivity contribution in [2.45, 2.75) is 5.92 Å². The fourth-order valence-corrected chi connectivity index (χ4v) is 3.59. The summed E-state index contributed by atoms with van der Waals surface area (Å²) in [5.41, 5.74) is 3.39. The van der Waals surface area contributed by atoms with Crippen LogP contribution in [0.3, 0.4) is 0 Å². The molecule has 0 bridgehead atoms. The molecule has 2 N–H and O–H groups in total. The zero-order valence-electron chi connectivity index (χ0n) is 14.9. The van der Waals surface area contributed by atoms with Crippen LogP contribution in [0.25, 0.3) is 11.1 Å². The van der Waals surface area contributed by atoms with E-state index in [4.69, 9.17) is 0 Å². The number of carbonyl (C=O) groups excluding carboxylic acids is 2. The lowest BCUT2D eigenvalue weighted by atomic mass is 9.97. The lowest BCUT2D eigenvalue weighted by molar-refractivity contribution is -0.138. The predicted octanol–water partition coefficient (Wildman–Crippen LogP) is 3.50. The summed E-state index contributed by atoms with van der Waals surface area (Å²) in [5.74, 6) is -2.36. The van der Waals surface area contributed by atoms with E-state index in [0.29, 0.717) is 27.8 Å². The zero-order chi connectivity index (χ0) is 19.7. The number of benzene rings is 3. The van der Waals surface area contributed by atoms with Crippen LogP contribution in [0.4, 0.5) is 0 Å². The number of hydrogen-bond donors (Lipinski definition) is 2. The number of ketones is 1. The van der Waals surface area contributed by atoms with Crippen molar-refractivity contribution in [3.8, 4) is 11.1 Å². The molecule has 1 amide bonds. The average molecular weight is 371 g/mol. The Kier molecular flexibility index (Phi) is 4.49. The molecule has 0 saturated carbocycles.